The number of benzene rings is 1. The maximum Gasteiger partial charge on any atom is 0.422 e. The third kappa shape index (κ3) is 7.66. The van der Waals surface area contributed by atoms with Crippen LogP contribution in [-0.4, -0.2) is 63.4 Å². The number of ketones is 1. The molecule has 5 rings (SSSR count). The van der Waals surface area contributed by atoms with Crippen molar-refractivity contribution in [3.05, 3.63) is 81.6 Å². The molecule has 2 atom stereocenters. The van der Waals surface area contributed by atoms with E-state index in [2.05, 4.69) is 4.98 Å². The third-order valence-electron chi connectivity index (χ3n) is 7.46. The van der Waals surface area contributed by atoms with Crippen molar-refractivity contribution in [2.45, 2.75) is 50.4 Å². The van der Waals surface area contributed by atoms with Crippen LogP contribution in [0.25, 0.3) is 16.8 Å². The highest BCUT2D eigenvalue weighted by Gasteiger charge is 2.31. The predicted octanol–water partition coefficient (Wildman–Crippen LogP) is 5.78. The smallest absolute Gasteiger partial charge is 0.422 e. The number of hydrogen-bond donors (Lipinski definition) is 1. The number of fused-ring (bicyclic) bond motifs is 1. The van der Waals surface area contributed by atoms with Crippen LogP contribution in [0, 0.1) is 0 Å². The number of halogens is 4. The van der Waals surface area contributed by atoms with Crippen molar-refractivity contribution in [3.63, 3.8) is 0 Å². The number of Topliss-reactive ketones (excluding diaryl/α,β-unsaturated/α-hetero) is 1. The Hall–Kier alpha value is -4.36. The Labute approximate surface area is 259 Å². The summed E-state index contributed by atoms with van der Waals surface area (Å²) in [4.78, 5) is 42.9. The second-order valence-electron chi connectivity index (χ2n) is 10.7. The van der Waals surface area contributed by atoms with Crippen molar-refractivity contribution in [2.24, 2.45) is 0 Å². The lowest BCUT2D eigenvalue weighted by Crippen LogP contribution is -2.34. The fourth-order valence-corrected chi connectivity index (χ4v) is 5.52. The van der Waals surface area contributed by atoms with Gasteiger partial charge in [-0.25, -0.2) is 9.78 Å². The minimum Gasteiger partial charge on any atom is -0.495 e. The van der Waals surface area contributed by atoms with Crippen molar-refractivity contribution in [1.29, 1.82) is 0 Å². The van der Waals surface area contributed by atoms with Crippen LogP contribution >= 0.6 is 11.6 Å². The number of aromatic nitrogens is 3. The van der Waals surface area contributed by atoms with E-state index in [1.54, 1.807) is 18.3 Å². The molecule has 1 fully saturated rings. The highest BCUT2D eigenvalue weighted by Crippen LogP contribution is 2.38. The number of carbonyl (C=O) groups is 2. The second kappa shape index (κ2) is 13.3. The molecule has 0 spiro atoms. The van der Waals surface area contributed by atoms with Gasteiger partial charge in [0.15, 0.2) is 18.1 Å². The second-order valence-corrected chi connectivity index (χ2v) is 11.1. The van der Waals surface area contributed by atoms with Crippen molar-refractivity contribution < 1.29 is 42.1 Å². The number of nitrogens with zero attached hydrogens (tertiary/aromatic N) is 3. The Bertz CT molecular complexity index is 1780. The molecule has 238 valence electrons. The van der Waals surface area contributed by atoms with E-state index >= 15 is 0 Å². The van der Waals surface area contributed by atoms with Gasteiger partial charge >= 0.3 is 12.1 Å². The van der Waals surface area contributed by atoms with E-state index < -0.39 is 30.4 Å². The van der Waals surface area contributed by atoms with Gasteiger partial charge in [-0.05, 0) is 49.1 Å². The molecule has 1 N–H and O–H groups in total. The van der Waals surface area contributed by atoms with Crippen molar-refractivity contribution in [2.75, 3.05) is 20.3 Å². The molecule has 1 unspecified atom stereocenters. The Balaban J connectivity index is 1.52. The minimum atomic E-state index is -4.60. The molecule has 0 saturated carbocycles. The van der Waals surface area contributed by atoms with Gasteiger partial charge in [-0.15, -0.1) is 0 Å². The van der Waals surface area contributed by atoms with Gasteiger partial charge in [0, 0.05) is 54.1 Å². The lowest BCUT2D eigenvalue weighted by molar-refractivity contribution is -0.153. The van der Waals surface area contributed by atoms with Gasteiger partial charge in [0.1, 0.15) is 17.1 Å². The number of carbonyl (C=O) groups excluding carboxylic acids is 1. The molecule has 0 radical (unpaired) electrons. The summed E-state index contributed by atoms with van der Waals surface area (Å²) in [5.41, 5.74) is 0.471. The van der Waals surface area contributed by atoms with Gasteiger partial charge in [0.25, 0.3) is 5.56 Å². The molecule has 1 aliphatic heterocycles. The number of rotatable bonds is 11. The number of aromatic carboxylic acids is 1. The standard InChI is InChI=1S/C31H29ClF3N3O7/c1-43-27-16-38(29(40)13-22(27)21-11-19(32)6-7-26(21)45-17-31(33,34)35)24(12-20-4-2-3-9-44-20)25(39)10-18-5-8-28-36-23(30(41)42)15-37(28)14-18/h5-8,11,13-16,20,24H,2-4,9-10,12,17H2,1H3,(H,41,42)/t20-,24?/m0/s1. The van der Waals surface area contributed by atoms with E-state index in [0.29, 0.717) is 24.2 Å². The fraction of sp³-hybridized carbons (Fsp3) is 0.355. The number of pyridine rings is 2. The van der Waals surface area contributed by atoms with Crippen LogP contribution in [0.2, 0.25) is 5.02 Å². The van der Waals surface area contributed by atoms with Crippen LogP contribution in [0.4, 0.5) is 13.2 Å². The highest BCUT2D eigenvalue weighted by molar-refractivity contribution is 6.31. The molecular formula is C31H29ClF3N3O7. The molecule has 0 aliphatic carbocycles. The lowest BCUT2D eigenvalue weighted by atomic mass is 9.95. The van der Waals surface area contributed by atoms with Crippen LogP contribution in [-0.2, 0) is 16.0 Å². The summed E-state index contributed by atoms with van der Waals surface area (Å²) in [6.45, 7) is -1.02. The molecular weight excluding hydrogens is 619 g/mol. The summed E-state index contributed by atoms with van der Waals surface area (Å²) in [5.74, 6) is -1.54. The Morgan fingerprint density at radius 1 is 1.11 bits per heavy atom. The molecule has 4 heterocycles. The topological polar surface area (TPSA) is 121 Å². The molecule has 14 heteroatoms. The molecule has 45 heavy (non-hydrogen) atoms. The zero-order chi connectivity index (χ0) is 32.3. The average molecular weight is 648 g/mol. The van der Waals surface area contributed by atoms with Gasteiger partial charge in [0.2, 0.25) is 0 Å². The first-order valence-corrected chi connectivity index (χ1v) is 14.4. The van der Waals surface area contributed by atoms with Crippen LogP contribution < -0.4 is 15.0 Å². The zero-order valence-corrected chi connectivity index (χ0v) is 24.8. The first-order valence-electron chi connectivity index (χ1n) is 14.1. The third-order valence-corrected chi connectivity index (χ3v) is 7.70. The van der Waals surface area contributed by atoms with Gasteiger partial charge in [-0.1, -0.05) is 17.7 Å². The molecule has 0 amide bonds. The number of alkyl halides is 3. The number of carboxylic acid groups (broad SMARTS) is 1. The van der Waals surface area contributed by atoms with E-state index in [9.17, 15) is 32.7 Å². The van der Waals surface area contributed by atoms with E-state index in [0.717, 1.165) is 12.8 Å². The highest BCUT2D eigenvalue weighted by atomic mass is 35.5. The molecule has 1 saturated heterocycles. The SMILES string of the molecule is COc1cn(C(C[C@@H]2CCCCO2)C(=O)Cc2ccc3nc(C(=O)O)cn3c2)c(=O)cc1-c1cc(Cl)ccc1OCC(F)(F)F. The number of methoxy groups -OCH3 is 1. The van der Waals surface area contributed by atoms with E-state index in [1.807, 2.05) is 0 Å². The summed E-state index contributed by atoms with van der Waals surface area (Å²) in [5, 5.41) is 9.46. The maximum atomic E-state index is 13.9. The van der Waals surface area contributed by atoms with Crippen LogP contribution in [0.3, 0.4) is 0 Å². The molecule has 10 nitrogen and oxygen atoms in total. The van der Waals surface area contributed by atoms with Gasteiger partial charge in [0.05, 0.1) is 25.5 Å². The normalized spacial score (nSPS) is 16.0. The van der Waals surface area contributed by atoms with Crippen LogP contribution in [0.5, 0.6) is 11.5 Å². The zero-order valence-electron chi connectivity index (χ0n) is 24.1. The summed E-state index contributed by atoms with van der Waals surface area (Å²) < 4.78 is 58.1. The van der Waals surface area contributed by atoms with Crippen LogP contribution in [0.15, 0.2) is 59.8 Å². The number of ether oxygens (including phenoxy) is 3. The van der Waals surface area contributed by atoms with Gasteiger partial charge < -0.3 is 28.3 Å². The maximum absolute atomic E-state index is 13.9. The number of hydrogen-bond acceptors (Lipinski definition) is 7. The predicted molar refractivity (Wildman–Crippen MR) is 157 cm³/mol. The van der Waals surface area contributed by atoms with Crippen molar-refractivity contribution in [1.82, 2.24) is 14.0 Å². The largest absolute Gasteiger partial charge is 0.495 e. The summed E-state index contributed by atoms with van der Waals surface area (Å²) in [6, 6.07) is 7.48. The first kappa shape index (κ1) is 32.0. The molecule has 3 aromatic heterocycles. The summed E-state index contributed by atoms with van der Waals surface area (Å²) in [6.07, 6.45) is 2.04. The molecule has 4 aromatic rings. The quantitative estimate of drug-likeness (QED) is 0.218. The van der Waals surface area contributed by atoms with E-state index in [-0.39, 0.29) is 58.1 Å². The molecule has 1 aliphatic rings. The Morgan fingerprint density at radius 2 is 1.89 bits per heavy atom. The number of imidazole rings is 1. The van der Waals surface area contributed by atoms with Gasteiger partial charge in [-0.2, -0.15) is 13.2 Å². The van der Waals surface area contributed by atoms with E-state index in [1.165, 1.54) is 52.7 Å². The summed E-state index contributed by atoms with van der Waals surface area (Å²) >= 11 is 6.16. The fourth-order valence-electron chi connectivity index (χ4n) is 5.35. The number of carboxylic acids is 1. The van der Waals surface area contributed by atoms with Crippen LogP contribution in [0.1, 0.15) is 47.8 Å². The van der Waals surface area contributed by atoms with Crippen molar-refractivity contribution in [3.8, 4) is 22.6 Å². The molecule has 1 aromatic carbocycles. The van der Waals surface area contributed by atoms with Gasteiger partial charge in [-0.3, -0.25) is 9.59 Å². The van der Waals surface area contributed by atoms with E-state index in [4.69, 9.17) is 25.8 Å². The van der Waals surface area contributed by atoms with Crippen molar-refractivity contribution >= 4 is 29.0 Å². The monoisotopic (exact) mass is 647 g/mol. The Kier molecular flexibility index (Phi) is 9.49. The summed E-state index contributed by atoms with van der Waals surface area (Å²) in [7, 11) is 1.33. The Morgan fingerprint density at radius 3 is 2.58 bits per heavy atom. The minimum absolute atomic E-state index is 0.0891. The molecule has 0 bridgehead atoms. The lowest BCUT2D eigenvalue weighted by Gasteiger charge is -2.28. The average Bonchev–Trinajstić information content (AvgIpc) is 3.43. The first-order chi connectivity index (χ1) is 21.4.